The van der Waals surface area contributed by atoms with Crippen molar-refractivity contribution in [3.63, 3.8) is 0 Å². The Labute approximate surface area is 127 Å². The molecule has 1 amide bonds. The molecule has 112 valence electrons. The van der Waals surface area contributed by atoms with Crippen molar-refractivity contribution in [3.8, 4) is 11.5 Å². The van der Waals surface area contributed by atoms with Crippen LogP contribution in [0.3, 0.4) is 0 Å². The molecule has 5 nitrogen and oxygen atoms in total. The maximum atomic E-state index is 12.1. The first-order valence-electron chi connectivity index (χ1n) is 6.26. The van der Waals surface area contributed by atoms with Crippen LogP contribution in [0.4, 0.5) is 0 Å². The average molecular weight is 346 g/mol. The van der Waals surface area contributed by atoms with Crippen molar-refractivity contribution in [1.82, 2.24) is 5.32 Å². The number of carbonyl (C=O) groups is 1. The van der Waals surface area contributed by atoms with Gasteiger partial charge in [-0.15, -0.1) is 0 Å². The fraction of sp³-hybridized carbons (Fsp3) is 0.500. The van der Waals surface area contributed by atoms with Gasteiger partial charge in [0.2, 0.25) is 0 Å². The summed E-state index contributed by atoms with van der Waals surface area (Å²) in [6.07, 6.45) is 0.784. The molecule has 20 heavy (non-hydrogen) atoms. The van der Waals surface area contributed by atoms with Gasteiger partial charge in [0.05, 0.1) is 26.4 Å². The summed E-state index contributed by atoms with van der Waals surface area (Å²) < 4.78 is 15.4. The third-order valence-corrected chi connectivity index (χ3v) is 3.46. The summed E-state index contributed by atoms with van der Waals surface area (Å²) >= 11 is 3.47. The maximum absolute atomic E-state index is 12.1. The van der Waals surface area contributed by atoms with Crippen LogP contribution in [0, 0.1) is 0 Å². The van der Waals surface area contributed by atoms with Crippen LogP contribution >= 0.6 is 15.9 Å². The first kappa shape index (κ1) is 16.8. The van der Waals surface area contributed by atoms with Gasteiger partial charge in [0, 0.05) is 18.5 Å². The molecule has 0 saturated carbocycles. The quantitative estimate of drug-likeness (QED) is 0.734. The zero-order valence-corrected chi connectivity index (χ0v) is 13.5. The Morgan fingerprint density at radius 2 is 2.05 bits per heavy atom. The summed E-state index contributed by atoms with van der Waals surface area (Å²) in [5.74, 6) is 0.801. The minimum absolute atomic E-state index is 0.183. The van der Waals surface area contributed by atoms with Crippen LogP contribution in [-0.4, -0.2) is 45.2 Å². The molecule has 1 aromatic rings. The van der Waals surface area contributed by atoms with E-state index in [4.69, 9.17) is 14.2 Å². The molecule has 1 rings (SSSR count). The number of alkyl halides is 1. The lowest BCUT2D eigenvalue weighted by atomic mass is 10.1. The van der Waals surface area contributed by atoms with Gasteiger partial charge in [0.15, 0.2) is 11.5 Å². The molecule has 0 aromatic heterocycles. The highest BCUT2D eigenvalue weighted by Gasteiger charge is 2.16. The molecule has 1 atom stereocenters. The Balaban J connectivity index is 2.64. The van der Waals surface area contributed by atoms with E-state index in [9.17, 15) is 4.79 Å². The van der Waals surface area contributed by atoms with E-state index in [-0.39, 0.29) is 10.7 Å². The Kier molecular flexibility index (Phi) is 7.40. The first-order chi connectivity index (χ1) is 9.63. The summed E-state index contributed by atoms with van der Waals surface area (Å²) in [5, 5.41) is 2.85. The van der Waals surface area contributed by atoms with Gasteiger partial charge in [-0.05, 0) is 18.6 Å². The third-order valence-electron chi connectivity index (χ3n) is 2.74. The molecule has 0 saturated heterocycles. The summed E-state index contributed by atoms with van der Waals surface area (Å²) in [4.78, 5) is 12.4. The highest BCUT2D eigenvalue weighted by Crippen LogP contribution is 2.30. The highest BCUT2D eigenvalue weighted by molar-refractivity contribution is 9.09. The van der Waals surface area contributed by atoms with E-state index in [2.05, 4.69) is 21.2 Å². The number of nitrogens with one attached hydrogen (secondary N) is 1. The fourth-order valence-electron chi connectivity index (χ4n) is 1.77. The SMILES string of the molecule is COCC(Br)CCNC(=O)c1cccc(OC)c1OC. The zero-order chi connectivity index (χ0) is 15.0. The second-order valence-electron chi connectivity index (χ2n) is 4.14. The molecule has 0 aliphatic rings. The summed E-state index contributed by atoms with van der Waals surface area (Å²) in [6.45, 7) is 1.16. The molecule has 0 bridgehead atoms. The molecule has 0 aliphatic heterocycles. The van der Waals surface area contributed by atoms with Crippen molar-refractivity contribution in [2.75, 3.05) is 34.5 Å². The van der Waals surface area contributed by atoms with Gasteiger partial charge < -0.3 is 19.5 Å². The van der Waals surface area contributed by atoms with Gasteiger partial charge in [-0.3, -0.25) is 4.79 Å². The number of methoxy groups -OCH3 is 3. The van der Waals surface area contributed by atoms with Crippen LogP contribution in [0.1, 0.15) is 16.8 Å². The topological polar surface area (TPSA) is 56.8 Å². The second-order valence-corrected chi connectivity index (χ2v) is 5.43. The van der Waals surface area contributed by atoms with E-state index in [1.807, 2.05) is 0 Å². The summed E-state index contributed by atoms with van der Waals surface area (Å²) in [5.41, 5.74) is 0.463. The smallest absolute Gasteiger partial charge is 0.255 e. The second kappa shape index (κ2) is 8.81. The van der Waals surface area contributed by atoms with Crippen molar-refractivity contribution in [2.24, 2.45) is 0 Å². The van der Waals surface area contributed by atoms with Gasteiger partial charge in [0.1, 0.15) is 0 Å². The predicted octanol–water partition coefficient (Wildman–Crippen LogP) is 2.23. The van der Waals surface area contributed by atoms with E-state index in [0.717, 1.165) is 6.42 Å². The standard InChI is InChI=1S/C14H20BrNO4/c1-18-9-10(15)7-8-16-14(17)11-5-4-6-12(19-2)13(11)20-3/h4-6,10H,7-9H2,1-3H3,(H,16,17). The largest absolute Gasteiger partial charge is 0.493 e. The summed E-state index contributed by atoms with van der Waals surface area (Å²) in [7, 11) is 4.70. The van der Waals surface area contributed by atoms with Crippen molar-refractivity contribution < 1.29 is 19.0 Å². The number of benzene rings is 1. The normalized spacial score (nSPS) is 11.8. The summed E-state index contributed by atoms with van der Waals surface area (Å²) in [6, 6.07) is 5.22. The van der Waals surface area contributed by atoms with Crippen LogP contribution in [0.25, 0.3) is 0 Å². The van der Waals surface area contributed by atoms with E-state index in [0.29, 0.717) is 30.2 Å². The molecule has 0 heterocycles. The van der Waals surface area contributed by atoms with E-state index >= 15 is 0 Å². The van der Waals surface area contributed by atoms with Crippen LogP contribution in [0.5, 0.6) is 11.5 Å². The lowest BCUT2D eigenvalue weighted by Gasteiger charge is -2.13. The third kappa shape index (κ3) is 4.68. The Morgan fingerprint density at radius 3 is 2.65 bits per heavy atom. The molecular weight excluding hydrogens is 326 g/mol. The Morgan fingerprint density at radius 1 is 1.30 bits per heavy atom. The van der Waals surface area contributed by atoms with Gasteiger partial charge >= 0.3 is 0 Å². The number of para-hydroxylation sites is 1. The van der Waals surface area contributed by atoms with Crippen molar-refractivity contribution in [3.05, 3.63) is 23.8 Å². The molecule has 0 radical (unpaired) electrons. The fourth-order valence-corrected chi connectivity index (χ4v) is 2.26. The van der Waals surface area contributed by atoms with E-state index < -0.39 is 0 Å². The van der Waals surface area contributed by atoms with Crippen LogP contribution in [0.2, 0.25) is 0 Å². The lowest BCUT2D eigenvalue weighted by Crippen LogP contribution is -2.27. The van der Waals surface area contributed by atoms with Crippen LogP contribution in [0.15, 0.2) is 18.2 Å². The van der Waals surface area contributed by atoms with Gasteiger partial charge in [-0.2, -0.15) is 0 Å². The molecular formula is C14H20BrNO4. The molecule has 0 fully saturated rings. The van der Waals surface area contributed by atoms with Crippen LogP contribution in [-0.2, 0) is 4.74 Å². The average Bonchev–Trinajstić information content (AvgIpc) is 2.46. The number of halogens is 1. The molecule has 1 N–H and O–H groups in total. The van der Waals surface area contributed by atoms with E-state index in [1.165, 1.54) is 7.11 Å². The number of hydrogen-bond acceptors (Lipinski definition) is 4. The van der Waals surface area contributed by atoms with Crippen molar-refractivity contribution >= 4 is 21.8 Å². The first-order valence-corrected chi connectivity index (χ1v) is 7.17. The lowest BCUT2D eigenvalue weighted by molar-refractivity contribution is 0.0948. The molecule has 0 aliphatic carbocycles. The molecule has 6 heteroatoms. The number of ether oxygens (including phenoxy) is 3. The number of amides is 1. The van der Waals surface area contributed by atoms with Gasteiger partial charge in [-0.25, -0.2) is 0 Å². The number of hydrogen-bond donors (Lipinski definition) is 1. The monoisotopic (exact) mass is 345 g/mol. The van der Waals surface area contributed by atoms with Gasteiger partial charge in [0.25, 0.3) is 5.91 Å². The minimum Gasteiger partial charge on any atom is -0.493 e. The minimum atomic E-state index is -0.183. The Hall–Kier alpha value is -1.27. The number of rotatable bonds is 8. The van der Waals surface area contributed by atoms with Crippen molar-refractivity contribution in [1.29, 1.82) is 0 Å². The molecule has 0 spiro atoms. The molecule has 1 unspecified atom stereocenters. The van der Waals surface area contributed by atoms with Crippen molar-refractivity contribution in [2.45, 2.75) is 11.2 Å². The zero-order valence-electron chi connectivity index (χ0n) is 11.9. The van der Waals surface area contributed by atoms with Crippen LogP contribution < -0.4 is 14.8 Å². The van der Waals surface area contributed by atoms with E-state index in [1.54, 1.807) is 32.4 Å². The Bertz CT molecular complexity index is 439. The molecule has 1 aromatic carbocycles. The predicted molar refractivity (Wildman–Crippen MR) is 81.1 cm³/mol. The highest BCUT2D eigenvalue weighted by atomic mass is 79.9. The maximum Gasteiger partial charge on any atom is 0.255 e. The number of carbonyl (C=O) groups excluding carboxylic acids is 1. The van der Waals surface area contributed by atoms with Gasteiger partial charge in [-0.1, -0.05) is 22.0 Å².